The number of rotatable bonds is 8. The zero-order chi connectivity index (χ0) is 14.9. The average molecular weight is 398 g/mol. The van der Waals surface area contributed by atoms with Crippen molar-refractivity contribution in [1.29, 1.82) is 0 Å². The fourth-order valence-electron chi connectivity index (χ4n) is 1.87. The molecule has 21 heavy (non-hydrogen) atoms. The van der Waals surface area contributed by atoms with Crippen LogP contribution in [0.1, 0.15) is 0 Å². The molecule has 0 unspecified atom stereocenters. The number of methoxy groups -OCH3 is 1. The van der Waals surface area contributed by atoms with Gasteiger partial charge in [-0.05, 0) is 58.0 Å². The van der Waals surface area contributed by atoms with Gasteiger partial charge in [0, 0.05) is 10.7 Å². The van der Waals surface area contributed by atoms with Crippen molar-refractivity contribution in [3.8, 4) is 16.9 Å². The lowest BCUT2D eigenvalue weighted by Gasteiger charge is -2.08. The third-order valence-electron chi connectivity index (χ3n) is 2.94. The monoisotopic (exact) mass is 398 g/mol. The summed E-state index contributed by atoms with van der Waals surface area (Å²) in [6, 6.07) is 16.6. The molecule has 0 spiro atoms. The fraction of sp³-hybridized carbons (Fsp3) is 0.294. The molecule has 0 aliphatic heterocycles. The second kappa shape index (κ2) is 9.02. The van der Waals surface area contributed by atoms with Crippen molar-refractivity contribution >= 4 is 22.6 Å². The summed E-state index contributed by atoms with van der Waals surface area (Å²) < 4.78 is 17.1. The van der Waals surface area contributed by atoms with E-state index in [1.54, 1.807) is 7.11 Å². The standard InChI is InChI=1S/C17H19IO3/c1-19-9-10-20-11-12-21-17-7-5-14(6-8-17)15-3-2-4-16(18)13-15/h2-8,13H,9-12H2,1H3. The molecule has 2 aromatic rings. The maximum Gasteiger partial charge on any atom is 0.119 e. The van der Waals surface area contributed by atoms with Gasteiger partial charge in [0.2, 0.25) is 0 Å². The minimum absolute atomic E-state index is 0.548. The van der Waals surface area contributed by atoms with Crippen LogP contribution in [0.5, 0.6) is 5.75 Å². The SMILES string of the molecule is COCCOCCOc1ccc(-c2cccc(I)c2)cc1. The van der Waals surface area contributed by atoms with E-state index in [-0.39, 0.29) is 0 Å². The summed E-state index contributed by atoms with van der Waals surface area (Å²) >= 11 is 2.32. The molecule has 0 heterocycles. The van der Waals surface area contributed by atoms with E-state index in [0.29, 0.717) is 26.4 Å². The lowest BCUT2D eigenvalue weighted by atomic mass is 10.1. The van der Waals surface area contributed by atoms with Gasteiger partial charge >= 0.3 is 0 Å². The van der Waals surface area contributed by atoms with Gasteiger partial charge < -0.3 is 14.2 Å². The molecule has 2 aromatic carbocycles. The molecule has 4 heteroatoms. The van der Waals surface area contributed by atoms with E-state index in [2.05, 4.69) is 59.0 Å². The molecule has 112 valence electrons. The summed E-state index contributed by atoms with van der Waals surface area (Å²) in [7, 11) is 1.66. The van der Waals surface area contributed by atoms with E-state index in [9.17, 15) is 0 Å². The molecule has 3 nitrogen and oxygen atoms in total. The van der Waals surface area contributed by atoms with Crippen LogP contribution in [-0.2, 0) is 9.47 Å². The Morgan fingerprint density at radius 1 is 0.857 bits per heavy atom. The fourth-order valence-corrected chi connectivity index (χ4v) is 2.42. The van der Waals surface area contributed by atoms with Crippen LogP contribution in [0.15, 0.2) is 48.5 Å². The summed E-state index contributed by atoms with van der Waals surface area (Å²) in [5.41, 5.74) is 2.41. The van der Waals surface area contributed by atoms with Gasteiger partial charge in [0.15, 0.2) is 0 Å². The molecule has 0 saturated carbocycles. The molecule has 0 radical (unpaired) electrons. The Kier molecular flexibility index (Phi) is 6.99. The predicted molar refractivity (Wildman–Crippen MR) is 92.8 cm³/mol. The van der Waals surface area contributed by atoms with Gasteiger partial charge in [0.1, 0.15) is 12.4 Å². The number of ether oxygens (including phenoxy) is 3. The molecule has 0 bridgehead atoms. The topological polar surface area (TPSA) is 27.7 Å². The Morgan fingerprint density at radius 2 is 1.62 bits per heavy atom. The van der Waals surface area contributed by atoms with Crippen LogP contribution in [0.4, 0.5) is 0 Å². The van der Waals surface area contributed by atoms with Gasteiger partial charge in [-0.25, -0.2) is 0 Å². The number of benzene rings is 2. The maximum absolute atomic E-state index is 5.63. The Morgan fingerprint density at radius 3 is 2.33 bits per heavy atom. The van der Waals surface area contributed by atoms with Crippen molar-refractivity contribution in [2.75, 3.05) is 33.5 Å². The van der Waals surface area contributed by atoms with E-state index in [1.165, 1.54) is 14.7 Å². The highest BCUT2D eigenvalue weighted by molar-refractivity contribution is 14.1. The first-order chi connectivity index (χ1) is 10.3. The molecule has 2 rings (SSSR count). The van der Waals surface area contributed by atoms with Crippen molar-refractivity contribution in [3.63, 3.8) is 0 Å². The Bertz CT molecular complexity index is 540. The van der Waals surface area contributed by atoms with Crippen LogP contribution in [-0.4, -0.2) is 33.5 Å². The molecular weight excluding hydrogens is 379 g/mol. The highest BCUT2D eigenvalue weighted by Gasteiger charge is 1.99. The van der Waals surface area contributed by atoms with Gasteiger partial charge in [-0.1, -0.05) is 24.3 Å². The van der Waals surface area contributed by atoms with Crippen molar-refractivity contribution in [2.24, 2.45) is 0 Å². The number of halogens is 1. The molecule has 0 saturated heterocycles. The first-order valence-corrected chi connectivity index (χ1v) is 7.93. The van der Waals surface area contributed by atoms with Crippen LogP contribution < -0.4 is 4.74 Å². The van der Waals surface area contributed by atoms with E-state index < -0.39 is 0 Å². The van der Waals surface area contributed by atoms with Crippen LogP contribution in [0.3, 0.4) is 0 Å². The van der Waals surface area contributed by atoms with Crippen LogP contribution in [0, 0.1) is 3.57 Å². The first-order valence-electron chi connectivity index (χ1n) is 6.85. The van der Waals surface area contributed by atoms with Crippen LogP contribution in [0.25, 0.3) is 11.1 Å². The number of hydrogen-bond acceptors (Lipinski definition) is 3. The molecule has 0 amide bonds. The summed E-state index contributed by atoms with van der Waals surface area (Å²) in [6.07, 6.45) is 0. The van der Waals surface area contributed by atoms with Gasteiger partial charge in [0.25, 0.3) is 0 Å². The predicted octanol–water partition coefficient (Wildman–Crippen LogP) is 4.00. The van der Waals surface area contributed by atoms with Crippen LogP contribution in [0.2, 0.25) is 0 Å². The third kappa shape index (κ3) is 5.65. The van der Waals surface area contributed by atoms with E-state index in [1.807, 2.05) is 12.1 Å². The van der Waals surface area contributed by atoms with E-state index in [0.717, 1.165) is 5.75 Å². The first kappa shape index (κ1) is 16.3. The van der Waals surface area contributed by atoms with Crippen molar-refractivity contribution in [1.82, 2.24) is 0 Å². The van der Waals surface area contributed by atoms with E-state index in [4.69, 9.17) is 14.2 Å². The van der Waals surface area contributed by atoms with E-state index >= 15 is 0 Å². The van der Waals surface area contributed by atoms with Crippen LogP contribution >= 0.6 is 22.6 Å². The average Bonchev–Trinajstić information content (AvgIpc) is 2.51. The highest BCUT2D eigenvalue weighted by atomic mass is 127. The molecule has 0 aliphatic carbocycles. The second-order valence-electron chi connectivity index (χ2n) is 4.49. The Hall–Kier alpha value is -1.11. The highest BCUT2D eigenvalue weighted by Crippen LogP contribution is 2.23. The summed E-state index contributed by atoms with van der Waals surface area (Å²) in [5, 5.41) is 0. The molecule has 0 aliphatic rings. The lowest BCUT2D eigenvalue weighted by molar-refractivity contribution is 0.0544. The second-order valence-corrected chi connectivity index (χ2v) is 5.73. The van der Waals surface area contributed by atoms with Crippen molar-refractivity contribution < 1.29 is 14.2 Å². The molecule has 0 fully saturated rings. The maximum atomic E-state index is 5.63. The van der Waals surface area contributed by atoms with Gasteiger partial charge in [-0.15, -0.1) is 0 Å². The van der Waals surface area contributed by atoms with Crippen molar-refractivity contribution in [3.05, 3.63) is 52.1 Å². The Labute approximate surface area is 139 Å². The molecule has 0 N–H and O–H groups in total. The van der Waals surface area contributed by atoms with Gasteiger partial charge in [0.05, 0.1) is 19.8 Å². The molecular formula is C17H19IO3. The lowest BCUT2D eigenvalue weighted by Crippen LogP contribution is -2.09. The quantitative estimate of drug-likeness (QED) is 0.497. The minimum atomic E-state index is 0.548. The zero-order valence-electron chi connectivity index (χ0n) is 12.0. The summed E-state index contributed by atoms with van der Waals surface area (Å²) in [4.78, 5) is 0. The van der Waals surface area contributed by atoms with Gasteiger partial charge in [-0.3, -0.25) is 0 Å². The molecule has 0 atom stereocenters. The Balaban J connectivity index is 1.82. The number of hydrogen-bond donors (Lipinski definition) is 0. The largest absolute Gasteiger partial charge is 0.491 e. The minimum Gasteiger partial charge on any atom is -0.491 e. The zero-order valence-corrected chi connectivity index (χ0v) is 14.2. The smallest absolute Gasteiger partial charge is 0.119 e. The third-order valence-corrected chi connectivity index (χ3v) is 3.61. The van der Waals surface area contributed by atoms with Crippen molar-refractivity contribution in [2.45, 2.75) is 0 Å². The molecule has 0 aromatic heterocycles. The summed E-state index contributed by atoms with van der Waals surface area (Å²) in [6.45, 7) is 2.34. The normalized spacial score (nSPS) is 10.6. The van der Waals surface area contributed by atoms with Gasteiger partial charge in [-0.2, -0.15) is 0 Å². The summed E-state index contributed by atoms with van der Waals surface area (Å²) in [5.74, 6) is 0.861.